The molecule has 2 rings (SSSR count). The lowest BCUT2D eigenvalue weighted by Gasteiger charge is -2.20. The first-order valence-electron chi connectivity index (χ1n) is 6.48. The van der Waals surface area contributed by atoms with Gasteiger partial charge in [-0.2, -0.15) is 11.8 Å². The number of thioether (sulfide) groups is 1. The van der Waals surface area contributed by atoms with Crippen LogP contribution < -0.4 is 5.32 Å². The molecule has 1 heterocycles. The van der Waals surface area contributed by atoms with Crippen molar-refractivity contribution >= 4 is 33.2 Å². The van der Waals surface area contributed by atoms with Crippen molar-refractivity contribution < 1.29 is 0 Å². The van der Waals surface area contributed by atoms with Crippen LogP contribution >= 0.6 is 23.1 Å². The maximum atomic E-state index is 3.73. The van der Waals surface area contributed by atoms with Gasteiger partial charge in [-0.3, -0.25) is 0 Å². The second-order valence-electron chi connectivity index (χ2n) is 4.64. The van der Waals surface area contributed by atoms with Crippen LogP contribution in [0.5, 0.6) is 0 Å². The van der Waals surface area contributed by atoms with Crippen LogP contribution in [0.15, 0.2) is 30.3 Å². The number of nitrogens with one attached hydrogen (secondary N) is 1. The molecular weight excluding hydrogens is 258 g/mol. The largest absolute Gasteiger partial charge is 0.306 e. The average molecular weight is 279 g/mol. The zero-order chi connectivity index (χ0) is 13.0. The van der Waals surface area contributed by atoms with Crippen molar-refractivity contribution in [2.24, 2.45) is 0 Å². The molecule has 1 aromatic carbocycles. The predicted octanol–water partition coefficient (Wildman–Crippen LogP) is 4.69. The van der Waals surface area contributed by atoms with Crippen molar-refractivity contribution in [2.45, 2.75) is 32.4 Å². The molecule has 0 saturated heterocycles. The van der Waals surface area contributed by atoms with E-state index in [9.17, 15) is 0 Å². The van der Waals surface area contributed by atoms with Crippen LogP contribution in [-0.2, 0) is 0 Å². The summed E-state index contributed by atoms with van der Waals surface area (Å²) in [7, 11) is 0. The third-order valence-corrected chi connectivity index (χ3v) is 5.25. The summed E-state index contributed by atoms with van der Waals surface area (Å²) in [5.74, 6) is 1.19. The molecule has 1 nitrogen and oxygen atoms in total. The Kier molecular flexibility index (Phi) is 5.10. The molecule has 1 aromatic heterocycles. The first kappa shape index (κ1) is 13.9. The average Bonchev–Trinajstić information content (AvgIpc) is 2.82. The molecule has 0 aliphatic carbocycles. The fraction of sp³-hybridized carbons (Fsp3) is 0.467. The minimum Gasteiger partial charge on any atom is -0.306 e. The highest BCUT2D eigenvalue weighted by atomic mass is 32.2. The van der Waals surface area contributed by atoms with Crippen molar-refractivity contribution in [3.8, 4) is 0 Å². The van der Waals surface area contributed by atoms with Gasteiger partial charge in [0.25, 0.3) is 0 Å². The lowest BCUT2D eigenvalue weighted by atomic mass is 10.2. The van der Waals surface area contributed by atoms with Crippen molar-refractivity contribution in [1.82, 2.24) is 5.32 Å². The van der Waals surface area contributed by atoms with Crippen LogP contribution in [-0.4, -0.2) is 18.1 Å². The molecule has 0 saturated carbocycles. The molecule has 0 aliphatic rings. The molecule has 2 unspecified atom stereocenters. The van der Waals surface area contributed by atoms with Crippen LogP contribution in [0.25, 0.3) is 10.1 Å². The Bertz CT molecular complexity index is 459. The molecule has 3 heteroatoms. The standard InChI is InChI=1S/C15H21NS2/c1-4-13(10-17-3)16-11(2)15-9-12-7-5-6-8-14(12)18-15/h5-9,11,13,16H,4,10H2,1-3H3. The van der Waals surface area contributed by atoms with Gasteiger partial charge in [-0.05, 0) is 37.1 Å². The Balaban J connectivity index is 2.10. The highest BCUT2D eigenvalue weighted by molar-refractivity contribution is 7.98. The molecular formula is C15H21NS2. The number of fused-ring (bicyclic) bond motifs is 1. The summed E-state index contributed by atoms with van der Waals surface area (Å²) in [4.78, 5) is 1.44. The van der Waals surface area contributed by atoms with Gasteiger partial charge in [-0.1, -0.05) is 25.1 Å². The zero-order valence-electron chi connectivity index (χ0n) is 11.3. The van der Waals surface area contributed by atoms with Gasteiger partial charge in [0.15, 0.2) is 0 Å². The van der Waals surface area contributed by atoms with Crippen LogP contribution in [0.3, 0.4) is 0 Å². The molecule has 0 radical (unpaired) electrons. The predicted molar refractivity (Wildman–Crippen MR) is 85.8 cm³/mol. The second kappa shape index (κ2) is 6.60. The van der Waals surface area contributed by atoms with E-state index in [4.69, 9.17) is 0 Å². The Morgan fingerprint density at radius 3 is 2.78 bits per heavy atom. The summed E-state index contributed by atoms with van der Waals surface area (Å²) >= 11 is 3.82. The normalized spacial score (nSPS) is 14.8. The number of rotatable bonds is 6. The van der Waals surface area contributed by atoms with E-state index in [1.807, 2.05) is 23.1 Å². The van der Waals surface area contributed by atoms with Gasteiger partial charge in [0, 0.05) is 27.4 Å². The molecule has 2 aromatic rings. The van der Waals surface area contributed by atoms with Gasteiger partial charge in [-0.15, -0.1) is 11.3 Å². The molecule has 0 fully saturated rings. The number of hydrogen-bond donors (Lipinski definition) is 1. The number of hydrogen-bond acceptors (Lipinski definition) is 3. The minimum atomic E-state index is 0.444. The molecule has 0 spiro atoms. The molecule has 18 heavy (non-hydrogen) atoms. The molecule has 0 bridgehead atoms. The van der Waals surface area contributed by atoms with Gasteiger partial charge in [0.1, 0.15) is 0 Å². The third kappa shape index (κ3) is 3.28. The maximum Gasteiger partial charge on any atom is 0.0388 e. The fourth-order valence-electron chi connectivity index (χ4n) is 2.14. The van der Waals surface area contributed by atoms with Crippen LogP contribution in [0.1, 0.15) is 31.2 Å². The van der Waals surface area contributed by atoms with Crippen LogP contribution in [0.4, 0.5) is 0 Å². The van der Waals surface area contributed by atoms with E-state index in [-0.39, 0.29) is 0 Å². The van der Waals surface area contributed by atoms with E-state index < -0.39 is 0 Å². The summed E-state index contributed by atoms with van der Waals surface area (Å²) in [6, 6.07) is 12.0. The van der Waals surface area contributed by atoms with Gasteiger partial charge < -0.3 is 5.32 Å². The van der Waals surface area contributed by atoms with E-state index in [0.29, 0.717) is 12.1 Å². The highest BCUT2D eigenvalue weighted by Crippen LogP contribution is 2.30. The lowest BCUT2D eigenvalue weighted by molar-refractivity contribution is 0.479. The molecule has 0 aliphatic heterocycles. The van der Waals surface area contributed by atoms with E-state index >= 15 is 0 Å². The number of benzene rings is 1. The first-order chi connectivity index (χ1) is 8.74. The Hall–Kier alpha value is -0.510. The minimum absolute atomic E-state index is 0.444. The van der Waals surface area contributed by atoms with Gasteiger partial charge in [0.05, 0.1) is 0 Å². The van der Waals surface area contributed by atoms with Crippen molar-refractivity contribution in [3.05, 3.63) is 35.2 Å². The molecule has 98 valence electrons. The Morgan fingerprint density at radius 1 is 1.33 bits per heavy atom. The third-order valence-electron chi connectivity index (χ3n) is 3.22. The van der Waals surface area contributed by atoms with Gasteiger partial charge in [0.2, 0.25) is 0 Å². The van der Waals surface area contributed by atoms with Gasteiger partial charge in [-0.25, -0.2) is 0 Å². The summed E-state index contributed by atoms with van der Waals surface area (Å²) in [6.45, 7) is 4.53. The smallest absolute Gasteiger partial charge is 0.0388 e. The monoisotopic (exact) mass is 279 g/mol. The topological polar surface area (TPSA) is 12.0 Å². The Labute approximate surface area is 118 Å². The maximum absolute atomic E-state index is 3.73. The van der Waals surface area contributed by atoms with Crippen molar-refractivity contribution in [1.29, 1.82) is 0 Å². The Morgan fingerprint density at radius 2 is 2.11 bits per heavy atom. The molecule has 2 atom stereocenters. The first-order valence-corrected chi connectivity index (χ1v) is 8.69. The van der Waals surface area contributed by atoms with Crippen LogP contribution in [0, 0.1) is 0 Å². The van der Waals surface area contributed by atoms with E-state index in [1.165, 1.54) is 27.1 Å². The van der Waals surface area contributed by atoms with Gasteiger partial charge >= 0.3 is 0 Å². The zero-order valence-corrected chi connectivity index (χ0v) is 12.9. The van der Waals surface area contributed by atoms with Crippen molar-refractivity contribution in [3.63, 3.8) is 0 Å². The summed E-state index contributed by atoms with van der Waals surface area (Å²) in [5, 5.41) is 5.10. The van der Waals surface area contributed by atoms with Crippen molar-refractivity contribution in [2.75, 3.05) is 12.0 Å². The number of thiophene rings is 1. The van der Waals surface area contributed by atoms with E-state index in [1.54, 1.807) is 0 Å². The van der Waals surface area contributed by atoms with E-state index in [2.05, 4.69) is 55.8 Å². The summed E-state index contributed by atoms with van der Waals surface area (Å²) < 4.78 is 1.39. The quantitative estimate of drug-likeness (QED) is 0.823. The second-order valence-corrected chi connectivity index (χ2v) is 6.66. The lowest BCUT2D eigenvalue weighted by Crippen LogP contribution is -2.32. The van der Waals surface area contributed by atoms with E-state index in [0.717, 1.165) is 0 Å². The SMILES string of the molecule is CCC(CSC)NC(C)c1cc2ccccc2s1. The summed E-state index contributed by atoms with van der Waals surface area (Å²) in [5.41, 5.74) is 0. The molecule has 0 amide bonds. The van der Waals surface area contributed by atoms with Crippen LogP contribution in [0.2, 0.25) is 0 Å². The molecule has 1 N–H and O–H groups in total. The highest BCUT2D eigenvalue weighted by Gasteiger charge is 2.13. The fourth-order valence-corrected chi connectivity index (χ4v) is 3.95. The summed E-state index contributed by atoms with van der Waals surface area (Å²) in [6.07, 6.45) is 3.37.